The van der Waals surface area contributed by atoms with E-state index < -0.39 is 15.7 Å². The van der Waals surface area contributed by atoms with Gasteiger partial charge in [0.15, 0.2) is 0 Å². The zero-order chi connectivity index (χ0) is 14.7. The molecule has 6 nitrogen and oxygen atoms in total. The third kappa shape index (κ3) is 6.47. The zero-order valence-electron chi connectivity index (χ0n) is 11.8. The lowest BCUT2D eigenvalue weighted by Crippen LogP contribution is -2.37. The Morgan fingerprint density at radius 2 is 1.95 bits per heavy atom. The molecule has 0 fully saturated rings. The predicted octanol–water partition coefficient (Wildman–Crippen LogP) is 1.88. The van der Waals surface area contributed by atoms with Crippen LogP contribution in [0.1, 0.15) is 33.6 Å². The largest absolute Gasteiger partial charge is 0.444 e. The van der Waals surface area contributed by atoms with Crippen molar-refractivity contribution < 1.29 is 22.1 Å². The standard InChI is InChI=1S/C12H21NO5S/c1-12(2,3)17-11(14)13-8-5-6-10(7-9-13)18-19(4,15)16/h6H,5,7-9H2,1-4H3. The zero-order valence-corrected chi connectivity index (χ0v) is 12.6. The summed E-state index contributed by atoms with van der Waals surface area (Å²) < 4.78 is 32.2. The summed E-state index contributed by atoms with van der Waals surface area (Å²) in [6.07, 6.45) is 3.23. The van der Waals surface area contributed by atoms with Crippen LogP contribution in [0.3, 0.4) is 0 Å². The highest BCUT2D eigenvalue weighted by molar-refractivity contribution is 7.86. The van der Waals surface area contributed by atoms with Gasteiger partial charge in [-0.15, -0.1) is 0 Å². The van der Waals surface area contributed by atoms with Crippen molar-refractivity contribution in [1.82, 2.24) is 4.90 Å². The second-order valence-corrected chi connectivity index (χ2v) is 7.04. The second-order valence-electron chi connectivity index (χ2n) is 5.46. The maximum atomic E-state index is 11.9. The van der Waals surface area contributed by atoms with Crippen LogP contribution in [-0.4, -0.2) is 44.4 Å². The lowest BCUT2D eigenvalue weighted by atomic mass is 10.2. The van der Waals surface area contributed by atoms with Crippen LogP contribution >= 0.6 is 0 Å². The highest BCUT2D eigenvalue weighted by atomic mass is 32.2. The number of hydrogen-bond donors (Lipinski definition) is 0. The quantitative estimate of drug-likeness (QED) is 0.726. The summed E-state index contributed by atoms with van der Waals surface area (Å²) in [7, 11) is -3.51. The first-order chi connectivity index (χ1) is 8.57. The van der Waals surface area contributed by atoms with Crippen molar-refractivity contribution in [2.45, 2.75) is 39.2 Å². The highest BCUT2D eigenvalue weighted by Gasteiger charge is 2.23. The third-order valence-corrected chi connectivity index (χ3v) is 2.83. The van der Waals surface area contributed by atoms with Gasteiger partial charge in [-0.1, -0.05) is 0 Å². The van der Waals surface area contributed by atoms with Crippen molar-refractivity contribution >= 4 is 16.2 Å². The Hall–Kier alpha value is -1.24. The van der Waals surface area contributed by atoms with Gasteiger partial charge in [0.1, 0.15) is 11.4 Å². The van der Waals surface area contributed by atoms with Crippen LogP contribution in [-0.2, 0) is 19.0 Å². The van der Waals surface area contributed by atoms with E-state index in [4.69, 9.17) is 8.92 Å². The van der Waals surface area contributed by atoms with Crippen molar-refractivity contribution in [2.24, 2.45) is 0 Å². The molecule has 1 aliphatic heterocycles. The van der Waals surface area contributed by atoms with E-state index >= 15 is 0 Å². The number of carbonyl (C=O) groups is 1. The smallest absolute Gasteiger partial charge is 0.410 e. The molecule has 1 heterocycles. The number of rotatable bonds is 2. The van der Waals surface area contributed by atoms with Crippen molar-refractivity contribution in [1.29, 1.82) is 0 Å². The molecule has 1 aliphatic rings. The van der Waals surface area contributed by atoms with Crippen LogP contribution < -0.4 is 0 Å². The van der Waals surface area contributed by atoms with E-state index in [0.29, 0.717) is 31.7 Å². The summed E-state index contributed by atoms with van der Waals surface area (Å²) in [6, 6.07) is 0. The first-order valence-corrected chi connectivity index (χ1v) is 7.95. The fraction of sp³-hybridized carbons (Fsp3) is 0.750. The van der Waals surface area contributed by atoms with Gasteiger partial charge in [-0.25, -0.2) is 4.79 Å². The SMILES string of the molecule is CC(C)(C)OC(=O)N1CCC=C(OS(C)(=O)=O)CC1. The fourth-order valence-electron chi connectivity index (χ4n) is 1.62. The third-order valence-electron chi connectivity index (χ3n) is 2.31. The summed E-state index contributed by atoms with van der Waals surface area (Å²) in [5.41, 5.74) is -0.539. The van der Waals surface area contributed by atoms with E-state index in [1.807, 2.05) is 0 Å². The molecule has 1 rings (SSSR count). The molecule has 110 valence electrons. The van der Waals surface area contributed by atoms with Gasteiger partial charge in [0.25, 0.3) is 0 Å². The van der Waals surface area contributed by atoms with Gasteiger partial charge >= 0.3 is 16.2 Å². The summed E-state index contributed by atoms with van der Waals surface area (Å²) in [6.45, 7) is 6.29. The Labute approximate surface area is 114 Å². The van der Waals surface area contributed by atoms with Crippen LogP contribution in [0.5, 0.6) is 0 Å². The van der Waals surface area contributed by atoms with Crippen molar-refractivity contribution in [3.8, 4) is 0 Å². The van der Waals surface area contributed by atoms with Crippen LogP contribution in [0.25, 0.3) is 0 Å². The summed E-state index contributed by atoms with van der Waals surface area (Å²) in [5.74, 6) is 0.383. The monoisotopic (exact) mass is 291 g/mol. The lowest BCUT2D eigenvalue weighted by Gasteiger charge is -2.26. The molecule has 0 aliphatic carbocycles. The average Bonchev–Trinajstić information content (AvgIpc) is 2.38. The van der Waals surface area contributed by atoms with Crippen LogP contribution in [0.15, 0.2) is 11.8 Å². The maximum absolute atomic E-state index is 11.9. The highest BCUT2D eigenvalue weighted by Crippen LogP contribution is 2.17. The fourth-order valence-corrected chi connectivity index (χ4v) is 2.16. The molecule has 7 heteroatoms. The second kappa shape index (κ2) is 5.81. The van der Waals surface area contributed by atoms with E-state index in [-0.39, 0.29) is 6.09 Å². The molecule has 0 saturated heterocycles. The maximum Gasteiger partial charge on any atom is 0.410 e. The summed E-state index contributed by atoms with van der Waals surface area (Å²) >= 11 is 0. The Morgan fingerprint density at radius 3 is 2.47 bits per heavy atom. The van der Waals surface area contributed by atoms with Crippen LogP contribution in [0, 0.1) is 0 Å². The molecular weight excluding hydrogens is 270 g/mol. The molecule has 0 aromatic rings. The number of nitrogens with zero attached hydrogens (tertiary/aromatic N) is 1. The van der Waals surface area contributed by atoms with E-state index in [9.17, 15) is 13.2 Å². The number of ether oxygens (including phenoxy) is 1. The average molecular weight is 291 g/mol. The van der Waals surface area contributed by atoms with Crippen molar-refractivity contribution in [2.75, 3.05) is 19.3 Å². The molecule has 19 heavy (non-hydrogen) atoms. The van der Waals surface area contributed by atoms with Crippen LogP contribution in [0.2, 0.25) is 0 Å². The minimum Gasteiger partial charge on any atom is -0.444 e. The molecule has 0 unspecified atom stereocenters. The van der Waals surface area contributed by atoms with E-state index in [1.54, 1.807) is 31.7 Å². The van der Waals surface area contributed by atoms with Gasteiger partial charge in [-0.3, -0.25) is 0 Å². The minimum atomic E-state index is -3.51. The predicted molar refractivity (Wildman–Crippen MR) is 71.1 cm³/mol. The number of hydrogen-bond acceptors (Lipinski definition) is 5. The Morgan fingerprint density at radius 1 is 1.32 bits per heavy atom. The first kappa shape index (κ1) is 15.8. The number of amides is 1. The van der Waals surface area contributed by atoms with Gasteiger partial charge in [0.2, 0.25) is 0 Å². The van der Waals surface area contributed by atoms with Gasteiger partial charge in [-0.05, 0) is 33.3 Å². The van der Waals surface area contributed by atoms with E-state index in [1.165, 1.54) is 0 Å². The molecule has 0 saturated carbocycles. The summed E-state index contributed by atoms with van der Waals surface area (Å²) in [4.78, 5) is 13.4. The normalized spacial score (nSPS) is 17.5. The molecule has 0 aromatic carbocycles. The van der Waals surface area contributed by atoms with Gasteiger partial charge in [0.05, 0.1) is 6.26 Å². The molecule has 1 amide bonds. The van der Waals surface area contributed by atoms with E-state index in [2.05, 4.69) is 0 Å². The van der Waals surface area contributed by atoms with Crippen molar-refractivity contribution in [3.05, 3.63) is 11.8 Å². The molecule has 0 bridgehead atoms. The first-order valence-electron chi connectivity index (χ1n) is 6.13. The minimum absolute atomic E-state index is 0.367. The van der Waals surface area contributed by atoms with Gasteiger partial charge in [0, 0.05) is 19.5 Å². The molecular formula is C12H21NO5S. The van der Waals surface area contributed by atoms with Crippen molar-refractivity contribution in [3.63, 3.8) is 0 Å². The molecule has 0 atom stereocenters. The Bertz CT molecular complexity index is 461. The lowest BCUT2D eigenvalue weighted by molar-refractivity contribution is 0.0257. The van der Waals surface area contributed by atoms with Gasteiger partial charge < -0.3 is 13.8 Å². The van der Waals surface area contributed by atoms with Crippen LogP contribution in [0.4, 0.5) is 4.79 Å². The van der Waals surface area contributed by atoms with Gasteiger partial charge in [-0.2, -0.15) is 8.42 Å². The molecule has 0 N–H and O–H groups in total. The topological polar surface area (TPSA) is 72.9 Å². The molecule has 0 radical (unpaired) electrons. The Balaban J connectivity index is 2.56. The molecule has 0 aromatic heterocycles. The molecule has 0 spiro atoms. The Kier molecular flexibility index (Phi) is 4.84. The number of carbonyl (C=O) groups excluding carboxylic acids is 1. The van der Waals surface area contributed by atoms with E-state index in [0.717, 1.165) is 6.26 Å². The summed E-state index contributed by atoms with van der Waals surface area (Å²) in [5, 5.41) is 0.